The Bertz CT molecular complexity index is 748. The Morgan fingerprint density at radius 3 is 2.54 bits per heavy atom. The largest absolute Gasteiger partial charge is 0.490 e. The van der Waals surface area contributed by atoms with Crippen LogP contribution in [0, 0.1) is 34.5 Å². The summed E-state index contributed by atoms with van der Waals surface area (Å²) in [5.74, 6) is 4.25. The van der Waals surface area contributed by atoms with Crippen molar-refractivity contribution in [2.24, 2.45) is 34.5 Å². The minimum absolute atomic E-state index is 0.269. The van der Waals surface area contributed by atoms with Crippen LogP contribution in [0.2, 0.25) is 0 Å². The first-order chi connectivity index (χ1) is 13.4. The van der Waals surface area contributed by atoms with Gasteiger partial charge in [0.2, 0.25) is 5.91 Å². The lowest BCUT2D eigenvalue weighted by atomic mass is 9.45. The van der Waals surface area contributed by atoms with Gasteiger partial charge in [-0.3, -0.25) is 4.79 Å². The van der Waals surface area contributed by atoms with Crippen molar-refractivity contribution < 1.29 is 9.53 Å². The predicted molar refractivity (Wildman–Crippen MR) is 111 cm³/mol. The Labute approximate surface area is 169 Å². The lowest BCUT2D eigenvalue weighted by Gasteiger charge is -2.62. The molecular formula is C25H35NO2. The van der Waals surface area contributed by atoms with Crippen LogP contribution in [0.4, 0.5) is 0 Å². The number of rotatable bonds is 2. The Morgan fingerprint density at radius 2 is 1.75 bits per heavy atom. The average Bonchev–Trinajstić information content (AvgIpc) is 3.00. The van der Waals surface area contributed by atoms with Gasteiger partial charge in [0.05, 0.1) is 0 Å². The molecule has 4 fully saturated rings. The fraction of sp³-hybridized carbons (Fsp3) is 0.720. The lowest BCUT2D eigenvalue weighted by molar-refractivity contribution is -0.145. The summed E-state index contributed by atoms with van der Waals surface area (Å²) in [6.45, 7) is 7.45. The molecule has 1 N–H and O–H groups in total. The molecule has 3 saturated carbocycles. The Kier molecular flexibility index (Phi) is 4.30. The van der Waals surface area contributed by atoms with Gasteiger partial charge < -0.3 is 10.1 Å². The van der Waals surface area contributed by atoms with Gasteiger partial charge in [-0.1, -0.05) is 39.0 Å². The molecule has 5 rings (SSSR count). The molecule has 3 heteroatoms. The summed E-state index contributed by atoms with van der Waals surface area (Å²) in [5.41, 5.74) is 0.567. The van der Waals surface area contributed by atoms with Crippen molar-refractivity contribution >= 4 is 5.91 Å². The maximum atomic E-state index is 12.0. The van der Waals surface area contributed by atoms with E-state index in [1.165, 1.54) is 25.7 Å². The van der Waals surface area contributed by atoms with Gasteiger partial charge in [0.1, 0.15) is 11.9 Å². The van der Waals surface area contributed by atoms with Crippen LogP contribution < -0.4 is 10.1 Å². The zero-order chi connectivity index (χ0) is 19.5. The van der Waals surface area contributed by atoms with Crippen LogP contribution >= 0.6 is 0 Å². The molecule has 4 aliphatic rings. The second kappa shape index (κ2) is 6.50. The third kappa shape index (κ3) is 2.64. The third-order valence-electron chi connectivity index (χ3n) is 9.40. The van der Waals surface area contributed by atoms with Gasteiger partial charge in [0.15, 0.2) is 0 Å². The molecular weight excluding hydrogens is 346 g/mol. The van der Waals surface area contributed by atoms with Gasteiger partial charge in [-0.25, -0.2) is 0 Å². The summed E-state index contributed by atoms with van der Waals surface area (Å²) >= 11 is 0. The molecule has 0 bridgehead atoms. The van der Waals surface area contributed by atoms with Gasteiger partial charge in [-0.2, -0.15) is 0 Å². The van der Waals surface area contributed by atoms with E-state index in [1.54, 1.807) is 0 Å². The summed E-state index contributed by atoms with van der Waals surface area (Å²) in [6.07, 6.45) is 8.32. The highest BCUT2D eigenvalue weighted by atomic mass is 16.5. The summed E-state index contributed by atoms with van der Waals surface area (Å²) < 4.78 is 6.55. The normalized spacial score (nSPS) is 47.5. The van der Waals surface area contributed by atoms with Crippen molar-refractivity contribution in [3.8, 4) is 5.75 Å². The van der Waals surface area contributed by atoms with E-state index in [-0.39, 0.29) is 16.7 Å². The van der Waals surface area contributed by atoms with E-state index in [9.17, 15) is 4.79 Å². The first kappa shape index (κ1) is 18.5. The van der Waals surface area contributed by atoms with Crippen LogP contribution in [0.15, 0.2) is 30.3 Å². The van der Waals surface area contributed by atoms with Gasteiger partial charge in [-0.05, 0) is 79.7 Å². The van der Waals surface area contributed by atoms with E-state index < -0.39 is 0 Å². The Morgan fingerprint density at radius 1 is 1.00 bits per heavy atom. The highest BCUT2D eigenvalue weighted by Crippen LogP contribution is 2.65. The number of carbonyl (C=O) groups excluding carboxylic acids is 1. The topological polar surface area (TPSA) is 38.3 Å². The van der Waals surface area contributed by atoms with Crippen molar-refractivity contribution in [1.29, 1.82) is 0 Å². The molecule has 1 aromatic carbocycles. The zero-order valence-corrected chi connectivity index (χ0v) is 17.6. The van der Waals surface area contributed by atoms with E-state index >= 15 is 0 Å². The number of hydrogen-bond acceptors (Lipinski definition) is 2. The molecule has 3 nitrogen and oxygen atoms in total. The van der Waals surface area contributed by atoms with E-state index in [1.807, 2.05) is 0 Å². The van der Waals surface area contributed by atoms with E-state index in [4.69, 9.17) is 4.74 Å². The molecule has 0 spiro atoms. The van der Waals surface area contributed by atoms with Crippen LogP contribution in [0.25, 0.3) is 0 Å². The molecule has 1 saturated heterocycles. The molecule has 0 aromatic heterocycles. The van der Waals surface area contributed by atoms with Crippen LogP contribution in [-0.4, -0.2) is 18.1 Å². The molecule has 8 atom stereocenters. The number of fused-ring (bicyclic) bond motifs is 5. The number of hydrogen-bond donors (Lipinski definition) is 1. The van der Waals surface area contributed by atoms with Crippen molar-refractivity contribution in [2.45, 2.75) is 77.9 Å². The van der Waals surface area contributed by atoms with Gasteiger partial charge in [0.25, 0.3) is 0 Å². The van der Waals surface area contributed by atoms with Gasteiger partial charge in [-0.15, -0.1) is 0 Å². The molecule has 0 radical (unpaired) electrons. The molecule has 1 heterocycles. The molecule has 152 valence electrons. The standard InChI is InChI=1S/C25H35NO2/c1-16-15-20-24(2,14-12-22(27)26-20)19-11-13-25(3)18(23(16)19)9-10-21(25)28-17-7-5-4-6-8-17/h4-8,16,18-21,23H,9-15H2,1-3H3,(H,26,27)/t16?,18-,19+,20?,21?,23-,24+,25-/m0/s1. The third-order valence-corrected chi connectivity index (χ3v) is 9.40. The minimum Gasteiger partial charge on any atom is -0.490 e. The second-order valence-corrected chi connectivity index (χ2v) is 10.7. The smallest absolute Gasteiger partial charge is 0.220 e. The Balaban J connectivity index is 1.41. The van der Waals surface area contributed by atoms with Crippen LogP contribution in [-0.2, 0) is 4.79 Å². The first-order valence-corrected chi connectivity index (χ1v) is 11.4. The van der Waals surface area contributed by atoms with E-state index in [0.717, 1.165) is 36.3 Å². The SMILES string of the molecule is CC1CC2NC(=O)CC[C@]2(C)[C@@H]2CC[C@]3(C)C(Oc4ccccc4)CC[C@H]3[C@H]12. The lowest BCUT2D eigenvalue weighted by Crippen LogP contribution is -2.63. The number of benzene rings is 1. The zero-order valence-electron chi connectivity index (χ0n) is 17.6. The fourth-order valence-corrected chi connectivity index (χ4v) is 7.86. The number of para-hydroxylation sites is 1. The van der Waals surface area contributed by atoms with Crippen molar-refractivity contribution in [3.05, 3.63) is 30.3 Å². The number of amides is 1. The predicted octanol–water partition coefficient (Wildman–Crippen LogP) is 5.20. The molecule has 3 unspecified atom stereocenters. The number of ether oxygens (including phenoxy) is 1. The summed E-state index contributed by atoms with van der Waals surface area (Å²) in [4.78, 5) is 12.0. The van der Waals surface area contributed by atoms with Crippen LogP contribution in [0.5, 0.6) is 5.75 Å². The van der Waals surface area contributed by atoms with Gasteiger partial charge >= 0.3 is 0 Å². The molecule has 3 aliphatic carbocycles. The maximum absolute atomic E-state index is 12.0. The quantitative estimate of drug-likeness (QED) is 0.764. The highest BCUT2D eigenvalue weighted by Gasteiger charge is 2.62. The average molecular weight is 382 g/mol. The van der Waals surface area contributed by atoms with Crippen LogP contribution in [0.3, 0.4) is 0 Å². The van der Waals surface area contributed by atoms with Crippen molar-refractivity contribution in [1.82, 2.24) is 5.32 Å². The summed E-state index contributed by atoms with van der Waals surface area (Å²) in [6, 6.07) is 10.8. The minimum atomic E-state index is 0.269. The maximum Gasteiger partial charge on any atom is 0.220 e. The first-order valence-electron chi connectivity index (χ1n) is 11.4. The monoisotopic (exact) mass is 381 g/mol. The van der Waals surface area contributed by atoms with Crippen molar-refractivity contribution in [2.75, 3.05) is 0 Å². The highest BCUT2D eigenvalue weighted by molar-refractivity contribution is 5.77. The van der Waals surface area contributed by atoms with E-state index in [0.29, 0.717) is 24.5 Å². The van der Waals surface area contributed by atoms with Gasteiger partial charge in [0, 0.05) is 17.9 Å². The van der Waals surface area contributed by atoms with Crippen molar-refractivity contribution in [3.63, 3.8) is 0 Å². The Hall–Kier alpha value is -1.51. The second-order valence-electron chi connectivity index (χ2n) is 10.7. The summed E-state index contributed by atoms with van der Waals surface area (Å²) in [7, 11) is 0. The number of nitrogens with one attached hydrogen (secondary N) is 1. The molecule has 1 aliphatic heterocycles. The molecule has 1 aromatic rings. The molecule has 1 amide bonds. The number of piperidine rings is 1. The van der Waals surface area contributed by atoms with Crippen LogP contribution in [0.1, 0.15) is 65.7 Å². The summed E-state index contributed by atoms with van der Waals surface area (Å²) in [5, 5.41) is 3.37. The van der Waals surface area contributed by atoms with E-state index in [2.05, 4.69) is 56.4 Å². The fourth-order valence-electron chi connectivity index (χ4n) is 7.86. The number of carbonyl (C=O) groups is 1. The molecule has 28 heavy (non-hydrogen) atoms.